The average molecular weight is 303 g/mol. The van der Waals surface area contributed by atoms with Crippen molar-refractivity contribution in [1.29, 1.82) is 0 Å². The number of nitro groups is 1. The van der Waals surface area contributed by atoms with E-state index in [1.54, 1.807) is 0 Å². The zero-order valence-electron chi connectivity index (χ0n) is 10.4. The molecule has 9 heteroatoms. The van der Waals surface area contributed by atoms with Gasteiger partial charge in [-0.05, 0) is 18.6 Å². The van der Waals surface area contributed by atoms with Crippen molar-refractivity contribution in [3.05, 3.63) is 32.8 Å². The van der Waals surface area contributed by atoms with Crippen molar-refractivity contribution >= 4 is 34.9 Å². The summed E-state index contributed by atoms with van der Waals surface area (Å²) in [5.41, 5.74) is 0.271. The average Bonchev–Trinajstić information content (AvgIpc) is 2.29. The van der Waals surface area contributed by atoms with E-state index < -0.39 is 30.0 Å². The van der Waals surface area contributed by atoms with Crippen LogP contribution in [0.1, 0.15) is 5.56 Å². The molecule has 0 unspecified atom stereocenters. The molecular formula is C11H11ClN2O6. The minimum Gasteiger partial charge on any atom is -0.480 e. The maximum Gasteiger partial charge on any atom is 0.323 e. The van der Waals surface area contributed by atoms with E-state index in [0.717, 1.165) is 4.90 Å². The number of carboxylic acid groups (broad SMARTS) is 2. The maximum atomic E-state index is 10.8. The van der Waals surface area contributed by atoms with Gasteiger partial charge in [-0.1, -0.05) is 11.6 Å². The van der Waals surface area contributed by atoms with Gasteiger partial charge in [-0.2, -0.15) is 0 Å². The zero-order chi connectivity index (χ0) is 15.4. The van der Waals surface area contributed by atoms with Crippen molar-refractivity contribution in [2.24, 2.45) is 0 Å². The first-order valence-corrected chi connectivity index (χ1v) is 5.73. The molecule has 0 saturated carbocycles. The second-order valence-corrected chi connectivity index (χ2v) is 4.40. The van der Waals surface area contributed by atoms with Gasteiger partial charge in [0.15, 0.2) is 0 Å². The molecule has 2 N–H and O–H groups in total. The van der Waals surface area contributed by atoms with Gasteiger partial charge in [0.1, 0.15) is 18.1 Å². The quantitative estimate of drug-likeness (QED) is 0.603. The Morgan fingerprint density at radius 2 is 1.80 bits per heavy atom. The Kier molecular flexibility index (Phi) is 4.87. The SMILES string of the molecule is Cc1cc([N+](=O)[O-])c(Cl)cc1N(CC(=O)O)CC(=O)O. The second-order valence-electron chi connectivity index (χ2n) is 3.99. The fraction of sp³-hybridized carbons (Fsp3) is 0.273. The third-order valence-corrected chi connectivity index (χ3v) is 2.76. The third kappa shape index (κ3) is 3.82. The second kappa shape index (κ2) is 6.20. The van der Waals surface area contributed by atoms with Crippen LogP contribution in [0.3, 0.4) is 0 Å². The molecule has 0 saturated heterocycles. The molecule has 0 aliphatic heterocycles. The zero-order valence-corrected chi connectivity index (χ0v) is 11.1. The summed E-state index contributed by atoms with van der Waals surface area (Å²) in [6.45, 7) is 0.401. The Labute approximate surface area is 118 Å². The smallest absolute Gasteiger partial charge is 0.323 e. The van der Waals surface area contributed by atoms with Gasteiger partial charge in [0.25, 0.3) is 5.69 Å². The highest BCUT2D eigenvalue weighted by atomic mass is 35.5. The van der Waals surface area contributed by atoms with Crippen LogP contribution >= 0.6 is 11.6 Å². The molecule has 0 aliphatic carbocycles. The van der Waals surface area contributed by atoms with E-state index in [1.165, 1.54) is 19.1 Å². The van der Waals surface area contributed by atoms with Crippen LogP contribution in [0.15, 0.2) is 12.1 Å². The Bertz CT molecular complexity index is 558. The lowest BCUT2D eigenvalue weighted by Crippen LogP contribution is -2.34. The van der Waals surface area contributed by atoms with Crippen LogP contribution in [-0.4, -0.2) is 40.2 Å². The number of benzene rings is 1. The van der Waals surface area contributed by atoms with Gasteiger partial charge in [0.2, 0.25) is 0 Å². The summed E-state index contributed by atoms with van der Waals surface area (Å²) in [4.78, 5) is 32.6. The van der Waals surface area contributed by atoms with Crippen LogP contribution in [0.4, 0.5) is 11.4 Å². The van der Waals surface area contributed by atoms with E-state index in [0.29, 0.717) is 5.56 Å². The first kappa shape index (κ1) is 15.7. The van der Waals surface area contributed by atoms with Gasteiger partial charge >= 0.3 is 11.9 Å². The highest BCUT2D eigenvalue weighted by molar-refractivity contribution is 6.33. The number of nitrogens with zero attached hydrogens (tertiary/aromatic N) is 2. The van der Waals surface area contributed by atoms with Gasteiger partial charge in [0.05, 0.1) is 4.92 Å². The topological polar surface area (TPSA) is 121 Å². The standard InChI is InChI=1S/C11H11ClN2O6/c1-6-2-9(14(19)20)7(12)3-8(6)13(4-10(15)16)5-11(17)18/h2-3H,4-5H2,1H3,(H,15,16)(H,17,18). The van der Waals surface area contributed by atoms with Crippen LogP contribution in [0.5, 0.6) is 0 Å². The first-order chi connectivity index (χ1) is 9.22. The van der Waals surface area contributed by atoms with Crippen LogP contribution in [-0.2, 0) is 9.59 Å². The van der Waals surface area contributed by atoms with Crippen LogP contribution < -0.4 is 4.90 Å². The number of aryl methyl sites for hydroxylation is 1. The number of anilines is 1. The molecule has 1 aromatic carbocycles. The summed E-state index contributed by atoms with van der Waals surface area (Å²) in [7, 11) is 0. The highest BCUT2D eigenvalue weighted by Crippen LogP contribution is 2.32. The molecule has 8 nitrogen and oxygen atoms in total. The molecule has 0 radical (unpaired) electrons. The number of rotatable bonds is 6. The summed E-state index contributed by atoms with van der Waals surface area (Å²) in [5.74, 6) is -2.44. The summed E-state index contributed by atoms with van der Waals surface area (Å²) in [5, 5.41) is 28.1. The van der Waals surface area contributed by atoms with E-state index in [-0.39, 0.29) is 16.4 Å². The fourth-order valence-electron chi connectivity index (χ4n) is 1.69. The molecule has 20 heavy (non-hydrogen) atoms. The molecule has 0 bridgehead atoms. The molecule has 0 aliphatic rings. The van der Waals surface area contributed by atoms with E-state index in [9.17, 15) is 19.7 Å². The lowest BCUT2D eigenvalue weighted by atomic mass is 10.1. The lowest BCUT2D eigenvalue weighted by Gasteiger charge is -2.22. The largest absolute Gasteiger partial charge is 0.480 e. The fourth-order valence-corrected chi connectivity index (χ4v) is 1.92. The molecule has 0 spiro atoms. The minimum absolute atomic E-state index is 0.184. The molecule has 0 amide bonds. The van der Waals surface area contributed by atoms with E-state index in [4.69, 9.17) is 21.8 Å². The predicted molar refractivity (Wildman–Crippen MR) is 70.3 cm³/mol. The molecule has 0 atom stereocenters. The number of aliphatic carboxylic acids is 2. The lowest BCUT2D eigenvalue weighted by molar-refractivity contribution is -0.384. The van der Waals surface area contributed by atoms with Crippen molar-refractivity contribution in [3.8, 4) is 0 Å². The first-order valence-electron chi connectivity index (χ1n) is 5.35. The number of carbonyl (C=O) groups is 2. The molecule has 108 valence electrons. The van der Waals surface area contributed by atoms with Crippen molar-refractivity contribution in [2.75, 3.05) is 18.0 Å². The Morgan fingerprint density at radius 1 is 1.30 bits per heavy atom. The number of carboxylic acids is 2. The van der Waals surface area contributed by atoms with Crippen LogP contribution in [0.2, 0.25) is 5.02 Å². The molecule has 0 heterocycles. The van der Waals surface area contributed by atoms with E-state index in [1.807, 2.05) is 0 Å². The van der Waals surface area contributed by atoms with Crippen molar-refractivity contribution in [1.82, 2.24) is 0 Å². The maximum absolute atomic E-state index is 10.8. The number of halogens is 1. The summed E-state index contributed by atoms with van der Waals surface area (Å²) in [6.07, 6.45) is 0. The van der Waals surface area contributed by atoms with Gasteiger partial charge in [-0.3, -0.25) is 19.7 Å². The van der Waals surface area contributed by atoms with Gasteiger partial charge in [0, 0.05) is 11.8 Å². The molecule has 1 rings (SSSR count). The summed E-state index contributed by atoms with van der Waals surface area (Å²) in [6, 6.07) is 2.37. The predicted octanol–water partition coefficient (Wildman–Crippen LogP) is 1.53. The summed E-state index contributed by atoms with van der Waals surface area (Å²) < 4.78 is 0. The number of hydrogen-bond acceptors (Lipinski definition) is 5. The van der Waals surface area contributed by atoms with E-state index >= 15 is 0 Å². The van der Waals surface area contributed by atoms with Gasteiger partial charge < -0.3 is 15.1 Å². The van der Waals surface area contributed by atoms with Gasteiger partial charge in [-0.25, -0.2) is 0 Å². The van der Waals surface area contributed by atoms with Crippen LogP contribution in [0, 0.1) is 17.0 Å². The van der Waals surface area contributed by atoms with Crippen molar-refractivity contribution in [3.63, 3.8) is 0 Å². The van der Waals surface area contributed by atoms with Crippen LogP contribution in [0.25, 0.3) is 0 Å². The van der Waals surface area contributed by atoms with Crippen molar-refractivity contribution in [2.45, 2.75) is 6.92 Å². The molecule has 1 aromatic rings. The molecular weight excluding hydrogens is 292 g/mol. The Morgan fingerprint density at radius 3 is 2.20 bits per heavy atom. The monoisotopic (exact) mass is 302 g/mol. The van der Waals surface area contributed by atoms with E-state index in [2.05, 4.69) is 0 Å². The van der Waals surface area contributed by atoms with Crippen molar-refractivity contribution < 1.29 is 24.7 Å². The normalized spacial score (nSPS) is 10.1. The molecule has 0 aromatic heterocycles. The molecule has 0 fully saturated rings. The minimum atomic E-state index is -1.22. The number of hydrogen-bond donors (Lipinski definition) is 2. The number of nitro benzene ring substituents is 1. The van der Waals surface area contributed by atoms with Gasteiger partial charge in [-0.15, -0.1) is 0 Å². The Hall–Kier alpha value is -2.35. The summed E-state index contributed by atoms with van der Waals surface area (Å²) >= 11 is 5.75. The Balaban J connectivity index is 3.26. The highest BCUT2D eigenvalue weighted by Gasteiger charge is 2.21. The third-order valence-electron chi connectivity index (χ3n) is 2.46.